The third-order valence-corrected chi connectivity index (χ3v) is 6.50. The summed E-state index contributed by atoms with van der Waals surface area (Å²) in [4.78, 5) is 0. The lowest BCUT2D eigenvalue weighted by molar-refractivity contribution is 0.195. The Morgan fingerprint density at radius 2 is 1.19 bits per heavy atom. The van der Waals surface area contributed by atoms with Crippen molar-refractivity contribution in [1.29, 1.82) is 0 Å². The van der Waals surface area contributed by atoms with Crippen molar-refractivity contribution in [3.63, 3.8) is 0 Å². The summed E-state index contributed by atoms with van der Waals surface area (Å²) in [5, 5.41) is 1.00. The van der Waals surface area contributed by atoms with Crippen LogP contribution < -0.4 is 0 Å². The zero-order chi connectivity index (χ0) is 26.5. The number of benzene rings is 4. The zero-order valence-corrected chi connectivity index (χ0v) is 20.3. The van der Waals surface area contributed by atoms with Crippen LogP contribution in [-0.4, -0.2) is 13.7 Å². The SMILES string of the molecule is COCCCc1cc(F)c(CCc2ccc3c(F)c(CCc4cc(F)c(F)c(F)c4)ccc3c2)c(F)c1. The molecule has 4 rings (SSSR count). The van der Waals surface area contributed by atoms with E-state index in [4.69, 9.17) is 4.74 Å². The van der Waals surface area contributed by atoms with Gasteiger partial charge in [0.05, 0.1) is 0 Å². The summed E-state index contributed by atoms with van der Waals surface area (Å²) < 4.78 is 89.2. The molecule has 0 bridgehead atoms. The Morgan fingerprint density at radius 1 is 0.568 bits per heavy atom. The van der Waals surface area contributed by atoms with Crippen LogP contribution in [0.15, 0.2) is 54.6 Å². The zero-order valence-electron chi connectivity index (χ0n) is 20.3. The van der Waals surface area contributed by atoms with E-state index in [0.717, 1.165) is 17.7 Å². The molecule has 0 aliphatic carbocycles. The Balaban J connectivity index is 1.44. The average Bonchev–Trinajstić information content (AvgIpc) is 2.86. The third kappa shape index (κ3) is 6.34. The van der Waals surface area contributed by atoms with Gasteiger partial charge in [0.15, 0.2) is 17.5 Å². The summed E-state index contributed by atoms with van der Waals surface area (Å²) >= 11 is 0. The van der Waals surface area contributed by atoms with Crippen molar-refractivity contribution in [2.24, 2.45) is 0 Å². The molecule has 37 heavy (non-hydrogen) atoms. The third-order valence-electron chi connectivity index (χ3n) is 6.50. The fourth-order valence-corrected chi connectivity index (χ4v) is 4.50. The van der Waals surface area contributed by atoms with Crippen molar-refractivity contribution >= 4 is 10.8 Å². The van der Waals surface area contributed by atoms with Gasteiger partial charge in [-0.05, 0) is 90.4 Å². The van der Waals surface area contributed by atoms with E-state index in [9.17, 15) is 22.0 Å². The van der Waals surface area contributed by atoms with E-state index in [-0.39, 0.29) is 30.4 Å². The maximum Gasteiger partial charge on any atom is 0.194 e. The fourth-order valence-electron chi connectivity index (χ4n) is 4.50. The topological polar surface area (TPSA) is 9.23 Å². The molecule has 7 heteroatoms. The fraction of sp³-hybridized carbons (Fsp3) is 0.267. The van der Waals surface area contributed by atoms with Crippen LogP contribution in [-0.2, 0) is 36.8 Å². The highest BCUT2D eigenvalue weighted by Crippen LogP contribution is 2.26. The predicted octanol–water partition coefficient (Wildman–Crippen LogP) is 7.82. The lowest BCUT2D eigenvalue weighted by atomic mass is 9.96. The molecule has 194 valence electrons. The number of fused-ring (bicyclic) bond motifs is 1. The molecule has 0 fully saturated rings. The van der Waals surface area contributed by atoms with Gasteiger partial charge in [0.2, 0.25) is 0 Å². The smallest absolute Gasteiger partial charge is 0.194 e. The molecule has 4 aromatic carbocycles. The second-order valence-electron chi connectivity index (χ2n) is 9.10. The molecule has 0 aliphatic rings. The van der Waals surface area contributed by atoms with Crippen LogP contribution in [0.4, 0.5) is 26.3 Å². The van der Waals surface area contributed by atoms with Crippen molar-refractivity contribution in [2.75, 3.05) is 13.7 Å². The molecule has 0 saturated heterocycles. The first-order valence-electron chi connectivity index (χ1n) is 12.1. The van der Waals surface area contributed by atoms with Crippen LogP contribution in [0, 0.1) is 34.9 Å². The minimum absolute atomic E-state index is 0.0192. The highest BCUT2D eigenvalue weighted by molar-refractivity contribution is 5.84. The monoisotopic (exact) mass is 516 g/mol. The molecule has 0 atom stereocenters. The van der Waals surface area contributed by atoms with Crippen molar-refractivity contribution in [1.82, 2.24) is 0 Å². The number of halogens is 6. The molecule has 0 saturated carbocycles. The van der Waals surface area contributed by atoms with Gasteiger partial charge in [0, 0.05) is 24.7 Å². The first-order chi connectivity index (χ1) is 17.8. The standard InChI is InChI=1S/C30H26F6O/c1-37-12-2-3-19-14-25(31)24(26(32)15-19)11-6-18-5-10-23-22(13-18)9-8-21(29(23)35)7-4-20-16-27(33)30(36)28(34)17-20/h5,8-10,13-17H,2-4,6-7,11-12H2,1H3. The predicted molar refractivity (Wildman–Crippen MR) is 132 cm³/mol. The summed E-state index contributed by atoms with van der Waals surface area (Å²) in [7, 11) is 1.58. The number of ether oxygens (including phenoxy) is 1. The second-order valence-corrected chi connectivity index (χ2v) is 9.10. The lowest BCUT2D eigenvalue weighted by Gasteiger charge is -2.11. The number of hydrogen-bond donors (Lipinski definition) is 0. The van der Waals surface area contributed by atoms with E-state index >= 15 is 4.39 Å². The Hall–Kier alpha value is -3.32. The summed E-state index contributed by atoms with van der Waals surface area (Å²) in [6.45, 7) is 0.517. The molecule has 0 N–H and O–H groups in total. The first-order valence-corrected chi connectivity index (χ1v) is 12.1. The molecule has 0 unspecified atom stereocenters. The van der Waals surface area contributed by atoms with Crippen molar-refractivity contribution in [3.8, 4) is 0 Å². The van der Waals surface area contributed by atoms with Crippen LogP contribution in [0.3, 0.4) is 0 Å². The van der Waals surface area contributed by atoms with E-state index in [1.807, 2.05) is 0 Å². The summed E-state index contributed by atoms with van der Waals surface area (Å²) in [6.07, 6.45) is 2.04. The summed E-state index contributed by atoms with van der Waals surface area (Å²) in [5.41, 5.74) is 2.00. The van der Waals surface area contributed by atoms with Crippen LogP contribution in [0.2, 0.25) is 0 Å². The maximum absolute atomic E-state index is 15.1. The van der Waals surface area contributed by atoms with Gasteiger partial charge in [-0.15, -0.1) is 0 Å². The van der Waals surface area contributed by atoms with E-state index in [0.29, 0.717) is 47.8 Å². The highest BCUT2D eigenvalue weighted by Gasteiger charge is 2.14. The van der Waals surface area contributed by atoms with Gasteiger partial charge in [-0.2, -0.15) is 0 Å². The van der Waals surface area contributed by atoms with Crippen LogP contribution >= 0.6 is 0 Å². The average molecular weight is 517 g/mol. The van der Waals surface area contributed by atoms with Gasteiger partial charge >= 0.3 is 0 Å². The van der Waals surface area contributed by atoms with Gasteiger partial charge in [-0.1, -0.05) is 30.3 Å². The van der Waals surface area contributed by atoms with E-state index in [2.05, 4.69) is 0 Å². The summed E-state index contributed by atoms with van der Waals surface area (Å²) in [6, 6.07) is 13.0. The number of hydrogen-bond acceptors (Lipinski definition) is 1. The number of methoxy groups -OCH3 is 1. The quantitative estimate of drug-likeness (QED) is 0.119. The van der Waals surface area contributed by atoms with Gasteiger partial charge in [0.1, 0.15) is 17.5 Å². The minimum Gasteiger partial charge on any atom is -0.385 e. The van der Waals surface area contributed by atoms with Gasteiger partial charge in [0.25, 0.3) is 0 Å². The van der Waals surface area contributed by atoms with Gasteiger partial charge < -0.3 is 4.74 Å². The van der Waals surface area contributed by atoms with Crippen molar-refractivity contribution < 1.29 is 31.1 Å². The molecular weight excluding hydrogens is 490 g/mol. The Kier molecular flexibility index (Phi) is 8.54. The molecule has 1 nitrogen and oxygen atoms in total. The summed E-state index contributed by atoms with van der Waals surface area (Å²) in [5.74, 6) is -5.70. The molecule has 4 aromatic rings. The number of rotatable bonds is 10. The Morgan fingerprint density at radius 3 is 1.86 bits per heavy atom. The van der Waals surface area contributed by atoms with E-state index in [1.165, 1.54) is 12.1 Å². The number of aryl methyl sites for hydroxylation is 4. The minimum atomic E-state index is -1.53. The van der Waals surface area contributed by atoms with Crippen LogP contribution in [0.1, 0.15) is 34.2 Å². The highest BCUT2D eigenvalue weighted by atomic mass is 19.2. The molecule has 0 aliphatic heterocycles. The van der Waals surface area contributed by atoms with Crippen molar-refractivity contribution in [3.05, 3.63) is 117 Å². The largest absolute Gasteiger partial charge is 0.385 e. The Labute approximate surface area is 211 Å². The Bertz CT molecular complexity index is 1370. The van der Waals surface area contributed by atoms with Crippen LogP contribution in [0.25, 0.3) is 10.8 Å². The lowest BCUT2D eigenvalue weighted by Crippen LogP contribution is -2.02. The molecule has 0 aromatic heterocycles. The first kappa shape index (κ1) is 26.7. The molecule has 0 spiro atoms. The molecule has 0 amide bonds. The van der Waals surface area contributed by atoms with Crippen molar-refractivity contribution in [2.45, 2.75) is 38.5 Å². The van der Waals surface area contributed by atoms with E-state index < -0.39 is 34.9 Å². The normalized spacial score (nSPS) is 11.4. The van der Waals surface area contributed by atoms with Crippen LogP contribution in [0.5, 0.6) is 0 Å². The van der Waals surface area contributed by atoms with Gasteiger partial charge in [-0.25, -0.2) is 26.3 Å². The molecule has 0 radical (unpaired) electrons. The molecule has 0 heterocycles. The molecular formula is C30H26F6O. The maximum atomic E-state index is 15.1. The van der Waals surface area contributed by atoms with Gasteiger partial charge in [-0.3, -0.25) is 0 Å². The second kappa shape index (κ2) is 11.8. The van der Waals surface area contributed by atoms with E-state index in [1.54, 1.807) is 37.4 Å².